The molecule has 0 aliphatic carbocycles. The van der Waals surface area contributed by atoms with Crippen LogP contribution in [0.25, 0.3) is 11.1 Å². The van der Waals surface area contributed by atoms with Crippen molar-refractivity contribution < 1.29 is 18.3 Å². The van der Waals surface area contributed by atoms with E-state index >= 15 is 0 Å². The van der Waals surface area contributed by atoms with E-state index in [1.807, 2.05) is 0 Å². The van der Waals surface area contributed by atoms with Gasteiger partial charge in [-0.2, -0.15) is 0 Å². The number of nitrogens with one attached hydrogen (secondary N) is 1. The zero-order chi connectivity index (χ0) is 15.5. The largest absolute Gasteiger partial charge is 0.368 e. The van der Waals surface area contributed by atoms with Crippen molar-refractivity contribution in [2.24, 2.45) is 0 Å². The number of hydrogen-bond donors (Lipinski definition) is 1. The Morgan fingerprint density at radius 1 is 1.09 bits per heavy atom. The van der Waals surface area contributed by atoms with Gasteiger partial charge in [-0.1, -0.05) is 12.1 Å². The number of amides is 1. The Kier molecular flexibility index (Phi) is 4.15. The molecule has 0 radical (unpaired) electrons. The summed E-state index contributed by atoms with van der Waals surface area (Å²) in [5.74, 6) is -1.04. The summed E-state index contributed by atoms with van der Waals surface area (Å²) in [6.07, 6.45) is 1.07. The highest BCUT2D eigenvalue weighted by atomic mass is 19.1. The van der Waals surface area contributed by atoms with E-state index in [0.29, 0.717) is 29.8 Å². The number of hydrogen-bond acceptors (Lipinski definition) is 2. The van der Waals surface area contributed by atoms with Gasteiger partial charge in [-0.3, -0.25) is 4.79 Å². The molecule has 1 saturated heterocycles. The summed E-state index contributed by atoms with van der Waals surface area (Å²) in [7, 11) is 0. The van der Waals surface area contributed by atoms with E-state index in [0.717, 1.165) is 6.42 Å². The van der Waals surface area contributed by atoms with Gasteiger partial charge in [0.25, 0.3) is 5.91 Å². The van der Waals surface area contributed by atoms with Gasteiger partial charge in [-0.25, -0.2) is 8.78 Å². The van der Waals surface area contributed by atoms with E-state index in [4.69, 9.17) is 4.74 Å². The van der Waals surface area contributed by atoms with Crippen molar-refractivity contribution >= 4 is 11.6 Å². The van der Waals surface area contributed by atoms with E-state index in [2.05, 4.69) is 5.32 Å². The van der Waals surface area contributed by atoms with Gasteiger partial charge in [0.1, 0.15) is 17.7 Å². The number of anilines is 1. The van der Waals surface area contributed by atoms with Crippen LogP contribution in [-0.4, -0.2) is 18.6 Å². The molecule has 3 nitrogen and oxygen atoms in total. The Labute approximate surface area is 126 Å². The smallest absolute Gasteiger partial charge is 0.253 e. The maximum Gasteiger partial charge on any atom is 0.253 e. The minimum Gasteiger partial charge on any atom is -0.368 e. The summed E-state index contributed by atoms with van der Waals surface area (Å²) >= 11 is 0. The third-order valence-corrected chi connectivity index (χ3v) is 3.62. The number of halogens is 2. The Morgan fingerprint density at radius 3 is 2.50 bits per heavy atom. The molecule has 1 aliphatic rings. The monoisotopic (exact) mass is 303 g/mol. The average Bonchev–Trinajstić information content (AvgIpc) is 3.04. The number of carbonyl (C=O) groups is 1. The summed E-state index contributed by atoms with van der Waals surface area (Å²) in [6, 6.07) is 9.78. The molecule has 0 spiro atoms. The normalized spacial score (nSPS) is 17.5. The molecule has 114 valence electrons. The quantitative estimate of drug-likeness (QED) is 0.938. The SMILES string of the molecule is O=C(Nc1ccc(F)cc1-c1ccc(F)cc1)[C@H]1CCCO1. The van der Waals surface area contributed by atoms with Crippen molar-refractivity contribution in [2.75, 3.05) is 11.9 Å². The van der Waals surface area contributed by atoms with Gasteiger partial charge in [0.15, 0.2) is 0 Å². The molecule has 1 fully saturated rings. The molecule has 5 heteroatoms. The van der Waals surface area contributed by atoms with Crippen molar-refractivity contribution in [1.29, 1.82) is 0 Å². The molecule has 0 bridgehead atoms. The van der Waals surface area contributed by atoms with Crippen LogP contribution < -0.4 is 5.32 Å². The standard InChI is InChI=1S/C17H15F2NO2/c18-12-5-3-11(4-6-12)14-10-13(19)7-8-15(14)20-17(21)16-2-1-9-22-16/h3-8,10,16H,1-2,9H2,(H,20,21)/t16-/m1/s1. The van der Waals surface area contributed by atoms with E-state index in [9.17, 15) is 13.6 Å². The molecule has 1 N–H and O–H groups in total. The maximum absolute atomic E-state index is 13.5. The lowest BCUT2D eigenvalue weighted by Gasteiger charge is -2.14. The van der Waals surface area contributed by atoms with Crippen molar-refractivity contribution in [3.63, 3.8) is 0 Å². The molecule has 2 aromatic rings. The Bertz CT molecular complexity index is 680. The summed E-state index contributed by atoms with van der Waals surface area (Å²) < 4.78 is 31.9. The summed E-state index contributed by atoms with van der Waals surface area (Å²) in [5.41, 5.74) is 1.61. The topological polar surface area (TPSA) is 38.3 Å². The van der Waals surface area contributed by atoms with Gasteiger partial charge in [0.05, 0.1) is 0 Å². The molecule has 0 unspecified atom stereocenters. The second kappa shape index (κ2) is 6.23. The van der Waals surface area contributed by atoms with Crippen LogP contribution in [0, 0.1) is 11.6 Å². The van der Waals surface area contributed by atoms with Crippen molar-refractivity contribution in [3.05, 3.63) is 54.1 Å². The number of benzene rings is 2. The molecule has 0 saturated carbocycles. The lowest BCUT2D eigenvalue weighted by Crippen LogP contribution is -2.27. The molecule has 22 heavy (non-hydrogen) atoms. The van der Waals surface area contributed by atoms with Gasteiger partial charge in [0.2, 0.25) is 0 Å². The highest BCUT2D eigenvalue weighted by Crippen LogP contribution is 2.29. The zero-order valence-corrected chi connectivity index (χ0v) is 11.8. The third-order valence-electron chi connectivity index (χ3n) is 3.62. The summed E-state index contributed by atoms with van der Waals surface area (Å²) in [6.45, 7) is 0.576. The van der Waals surface area contributed by atoms with Crippen LogP contribution in [0.2, 0.25) is 0 Å². The van der Waals surface area contributed by atoms with Gasteiger partial charge in [-0.05, 0) is 48.7 Å². The first-order chi connectivity index (χ1) is 10.6. The minimum atomic E-state index is -0.467. The first-order valence-electron chi connectivity index (χ1n) is 7.11. The Balaban J connectivity index is 1.90. The predicted molar refractivity (Wildman–Crippen MR) is 79.4 cm³/mol. The van der Waals surface area contributed by atoms with E-state index in [1.165, 1.54) is 30.3 Å². The zero-order valence-electron chi connectivity index (χ0n) is 11.8. The van der Waals surface area contributed by atoms with Crippen LogP contribution in [0.3, 0.4) is 0 Å². The van der Waals surface area contributed by atoms with Gasteiger partial charge in [-0.15, -0.1) is 0 Å². The van der Waals surface area contributed by atoms with Crippen LogP contribution >= 0.6 is 0 Å². The fourth-order valence-electron chi connectivity index (χ4n) is 2.49. The molecule has 0 aromatic heterocycles. The van der Waals surface area contributed by atoms with Crippen molar-refractivity contribution in [2.45, 2.75) is 18.9 Å². The van der Waals surface area contributed by atoms with Crippen LogP contribution in [-0.2, 0) is 9.53 Å². The number of carbonyl (C=O) groups excluding carboxylic acids is 1. The highest BCUT2D eigenvalue weighted by molar-refractivity contribution is 5.98. The predicted octanol–water partition coefficient (Wildman–Crippen LogP) is 3.75. The third kappa shape index (κ3) is 3.14. The van der Waals surface area contributed by atoms with Gasteiger partial charge in [0, 0.05) is 17.9 Å². The second-order valence-corrected chi connectivity index (χ2v) is 5.19. The Hall–Kier alpha value is -2.27. The lowest BCUT2D eigenvalue weighted by molar-refractivity contribution is -0.124. The second-order valence-electron chi connectivity index (χ2n) is 5.19. The molecule has 1 amide bonds. The van der Waals surface area contributed by atoms with E-state index in [-0.39, 0.29) is 11.7 Å². The fourth-order valence-corrected chi connectivity index (χ4v) is 2.49. The fraction of sp³-hybridized carbons (Fsp3) is 0.235. The number of rotatable bonds is 3. The first-order valence-corrected chi connectivity index (χ1v) is 7.11. The Morgan fingerprint density at radius 2 is 1.82 bits per heavy atom. The summed E-state index contributed by atoms with van der Waals surface area (Å²) in [4.78, 5) is 12.1. The van der Waals surface area contributed by atoms with Crippen LogP contribution in [0.4, 0.5) is 14.5 Å². The molecule has 2 aromatic carbocycles. The molecular weight excluding hydrogens is 288 g/mol. The van der Waals surface area contributed by atoms with E-state index in [1.54, 1.807) is 12.1 Å². The van der Waals surface area contributed by atoms with Crippen LogP contribution in [0.15, 0.2) is 42.5 Å². The molecular formula is C17H15F2NO2. The first kappa shape index (κ1) is 14.7. The van der Waals surface area contributed by atoms with Crippen LogP contribution in [0.1, 0.15) is 12.8 Å². The molecule has 1 atom stereocenters. The van der Waals surface area contributed by atoms with E-state index < -0.39 is 11.9 Å². The van der Waals surface area contributed by atoms with Gasteiger partial charge < -0.3 is 10.1 Å². The number of ether oxygens (including phenoxy) is 1. The molecule has 1 heterocycles. The molecule has 1 aliphatic heterocycles. The molecule has 3 rings (SSSR count). The van der Waals surface area contributed by atoms with Crippen molar-refractivity contribution in [3.8, 4) is 11.1 Å². The maximum atomic E-state index is 13.5. The van der Waals surface area contributed by atoms with Crippen LogP contribution in [0.5, 0.6) is 0 Å². The summed E-state index contributed by atoms with van der Waals surface area (Å²) in [5, 5.41) is 2.77. The minimum absolute atomic E-state index is 0.243. The van der Waals surface area contributed by atoms with Gasteiger partial charge >= 0.3 is 0 Å². The highest BCUT2D eigenvalue weighted by Gasteiger charge is 2.24. The van der Waals surface area contributed by atoms with Crippen molar-refractivity contribution in [1.82, 2.24) is 0 Å². The lowest BCUT2D eigenvalue weighted by atomic mass is 10.0. The average molecular weight is 303 g/mol.